The van der Waals surface area contributed by atoms with Crippen molar-refractivity contribution in [2.24, 2.45) is 0 Å². The lowest BCUT2D eigenvalue weighted by Crippen LogP contribution is -2.27. The summed E-state index contributed by atoms with van der Waals surface area (Å²) in [6.45, 7) is 5.71. The van der Waals surface area contributed by atoms with Crippen LogP contribution in [-0.2, 0) is 4.79 Å². The van der Waals surface area contributed by atoms with Crippen molar-refractivity contribution in [3.63, 3.8) is 0 Å². The molecule has 2 aromatic carbocycles. The number of amides is 1. The Kier molecular flexibility index (Phi) is 6.24. The van der Waals surface area contributed by atoms with Crippen LogP contribution in [0.15, 0.2) is 64.4 Å². The predicted molar refractivity (Wildman–Crippen MR) is 112 cm³/mol. The topological polar surface area (TPSA) is 46.9 Å². The molecule has 3 rings (SSSR count). The maximum atomic E-state index is 13.0. The maximum Gasteiger partial charge on any atom is 0.249 e. The molecule has 6 heteroatoms. The standard InChI is InChI=1S/C21H22ClN3OS/c1-4-18(25-15(3)20(22)14(2)24-25)21(26)23-17-12-8-9-13-19(17)27-16-10-6-5-7-11-16/h5-13,18H,4H2,1-3H3,(H,23,26). The van der Waals surface area contributed by atoms with Gasteiger partial charge in [-0.15, -0.1) is 0 Å². The fourth-order valence-corrected chi connectivity index (χ4v) is 3.95. The first kappa shape index (κ1) is 19.5. The normalized spacial score (nSPS) is 12.0. The third kappa shape index (κ3) is 4.37. The summed E-state index contributed by atoms with van der Waals surface area (Å²) in [6.07, 6.45) is 0.623. The van der Waals surface area contributed by atoms with Crippen LogP contribution in [0.5, 0.6) is 0 Å². The van der Waals surface area contributed by atoms with Gasteiger partial charge in [-0.25, -0.2) is 0 Å². The molecule has 0 saturated heterocycles. The Morgan fingerprint density at radius 1 is 1.15 bits per heavy atom. The molecule has 0 spiro atoms. The van der Waals surface area contributed by atoms with E-state index >= 15 is 0 Å². The van der Waals surface area contributed by atoms with Gasteiger partial charge in [0.05, 0.1) is 22.1 Å². The quantitative estimate of drug-likeness (QED) is 0.561. The molecule has 0 radical (unpaired) electrons. The van der Waals surface area contributed by atoms with Gasteiger partial charge in [0.2, 0.25) is 5.91 Å². The Hall–Kier alpha value is -2.24. The van der Waals surface area contributed by atoms with Gasteiger partial charge in [0.1, 0.15) is 6.04 Å². The number of aryl methyl sites for hydroxylation is 1. The summed E-state index contributed by atoms with van der Waals surface area (Å²) in [5.41, 5.74) is 2.34. The minimum atomic E-state index is -0.411. The molecule has 0 saturated carbocycles. The Bertz CT molecular complexity index is 940. The van der Waals surface area contributed by atoms with Crippen molar-refractivity contribution in [2.45, 2.75) is 43.0 Å². The van der Waals surface area contributed by atoms with Crippen LogP contribution < -0.4 is 5.32 Å². The van der Waals surface area contributed by atoms with Gasteiger partial charge in [0.15, 0.2) is 0 Å². The van der Waals surface area contributed by atoms with Crippen LogP contribution in [0.3, 0.4) is 0 Å². The molecular formula is C21H22ClN3OS. The zero-order valence-electron chi connectivity index (χ0n) is 15.6. The SMILES string of the molecule is CCC(C(=O)Nc1ccccc1Sc1ccccc1)n1nc(C)c(Cl)c1C. The largest absolute Gasteiger partial charge is 0.323 e. The van der Waals surface area contributed by atoms with E-state index in [0.717, 1.165) is 26.9 Å². The molecule has 1 amide bonds. The van der Waals surface area contributed by atoms with Gasteiger partial charge < -0.3 is 5.32 Å². The van der Waals surface area contributed by atoms with Crippen LogP contribution in [0.4, 0.5) is 5.69 Å². The number of rotatable bonds is 6. The lowest BCUT2D eigenvalue weighted by molar-refractivity contribution is -0.119. The van der Waals surface area contributed by atoms with Crippen LogP contribution in [0.25, 0.3) is 0 Å². The van der Waals surface area contributed by atoms with Crippen molar-refractivity contribution < 1.29 is 4.79 Å². The van der Waals surface area contributed by atoms with Crippen molar-refractivity contribution >= 4 is 35.0 Å². The summed E-state index contributed by atoms with van der Waals surface area (Å²) < 4.78 is 1.72. The van der Waals surface area contributed by atoms with Gasteiger partial charge in [-0.1, -0.05) is 60.6 Å². The van der Waals surface area contributed by atoms with Gasteiger partial charge in [0.25, 0.3) is 0 Å². The van der Waals surface area contributed by atoms with Crippen molar-refractivity contribution in [1.29, 1.82) is 0 Å². The van der Waals surface area contributed by atoms with Gasteiger partial charge >= 0.3 is 0 Å². The minimum Gasteiger partial charge on any atom is -0.323 e. The summed E-state index contributed by atoms with van der Waals surface area (Å²) in [5, 5.41) is 8.14. The van der Waals surface area contributed by atoms with Gasteiger partial charge in [-0.3, -0.25) is 9.48 Å². The molecule has 140 valence electrons. The Balaban J connectivity index is 1.84. The number of carbonyl (C=O) groups excluding carboxylic acids is 1. The monoisotopic (exact) mass is 399 g/mol. The zero-order valence-corrected chi connectivity index (χ0v) is 17.1. The second-order valence-corrected chi connectivity index (χ2v) is 7.75. The van der Waals surface area contributed by atoms with Crippen LogP contribution >= 0.6 is 23.4 Å². The Morgan fingerprint density at radius 2 is 1.81 bits per heavy atom. The van der Waals surface area contributed by atoms with Crippen molar-refractivity contribution in [1.82, 2.24) is 9.78 Å². The van der Waals surface area contributed by atoms with Gasteiger partial charge in [-0.05, 0) is 44.5 Å². The summed E-state index contributed by atoms with van der Waals surface area (Å²) in [4.78, 5) is 15.1. The fourth-order valence-electron chi connectivity index (χ4n) is 2.91. The molecule has 4 nitrogen and oxygen atoms in total. The first-order chi connectivity index (χ1) is 13.0. The smallest absolute Gasteiger partial charge is 0.249 e. The molecule has 0 fully saturated rings. The fraction of sp³-hybridized carbons (Fsp3) is 0.238. The average molecular weight is 400 g/mol. The highest BCUT2D eigenvalue weighted by Gasteiger charge is 2.24. The number of hydrogen-bond donors (Lipinski definition) is 1. The summed E-state index contributed by atoms with van der Waals surface area (Å²) in [5.74, 6) is -0.0964. The number of benzene rings is 2. The lowest BCUT2D eigenvalue weighted by Gasteiger charge is -2.18. The number of hydrogen-bond acceptors (Lipinski definition) is 3. The van der Waals surface area contributed by atoms with E-state index < -0.39 is 6.04 Å². The van der Waals surface area contributed by atoms with Crippen molar-refractivity contribution in [3.8, 4) is 0 Å². The van der Waals surface area contributed by atoms with Crippen LogP contribution in [0, 0.1) is 13.8 Å². The van der Waals surface area contributed by atoms with Gasteiger partial charge in [-0.2, -0.15) is 5.10 Å². The van der Waals surface area contributed by atoms with Gasteiger partial charge in [0, 0.05) is 9.79 Å². The van der Waals surface area contributed by atoms with E-state index in [1.165, 1.54) is 0 Å². The summed E-state index contributed by atoms with van der Waals surface area (Å²) in [7, 11) is 0. The number of para-hydroxylation sites is 1. The highest BCUT2D eigenvalue weighted by molar-refractivity contribution is 7.99. The Labute approximate surface area is 168 Å². The second kappa shape index (κ2) is 8.63. The highest BCUT2D eigenvalue weighted by atomic mass is 35.5. The van der Waals surface area contributed by atoms with E-state index in [-0.39, 0.29) is 5.91 Å². The molecule has 0 aliphatic rings. The molecule has 1 aromatic heterocycles. The van der Waals surface area contributed by atoms with E-state index in [9.17, 15) is 4.79 Å². The highest BCUT2D eigenvalue weighted by Crippen LogP contribution is 2.34. The number of carbonyl (C=O) groups is 1. The van der Waals surface area contributed by atoms with Crippen LogP contribution in [0.2, 0.25) is 5.02 Å². The number of nitrogens with one attached hydrogen (secondary N) is 1. The van der Waals surface area contributed by atoms with Crippen molar-refractivity contribution in [3.05, 3.63) is 71.0 Å². The zero-order chi connectivity index (χ0) is 19.4. The van der Waals surface area contributed by atoms with Crippen LogP contribution in [-0.4, -0.2) is 15.7 Å². The molecule has 0 bridgehead atoms. The van der Waals surface area contributed by atoms with E-state index in [1.54, 1.807) is 16.4 Å². The molecule has 3 aromatic rings. The van der Waals surface area contributed by atoms with E-state index in [1.807, 2.05) is 63.2 Å². The lowest BCUT2D eigenvalue weighted by atomic mass is 10.2. The summed E-state index contributed by atoms with van der Waals surface area (Å²) >= 11 is 7.88. The molecule has 27 heavy (non-hydrogen) atoms. The summed E-state index contributed by atoms with van der Waals surface area (Å²) in [6, 6.07) is 17.5. The third-order valence-electron chi connectivity index (χ3n) is 4.34. The minimum absolute atomic E-state index is 0.0964. The molecular weight excluding hydrogens is 378 g/mol. The first-order valence-corrected chi connectivity index (χ1v) is 10.0. The second-order valence-electron chi connectivity index (χ2n) is 6.25. The van der Waals surface area contributed by atoms with E-state index in [2.05, 4.69) is 22.5 Å². The van der Waals surface area contributed by atoms with Crippen LogP contribution in [0.1, 0.15) is 30.8 Å². The molecule has 0 aliphatic heterocycles. The van der Waals surface area contributed by atoms with Crippen molar-refractivity contribution in [2.75, 3.05) is 5.32 Å². The Morgan fingerprint density at radius 3 is 2.44 bits per heavy atom. The average Bonchev–Trinajstić information content (AvgIpc) is 2.92. The predicted octanol–water partition coefficient (Wildman–Crippen LogP) is 5.89. The molecule has 1 heterocycles. The third-order valence-corrected chi connectivity index (χ3v) is 5.97. The van der Waals surface area contributed by atoms with E-state index in [4.69, 9.17) is 11.6 Å². The molecule has 1 N–H and O–H groups in total. The number of halogens is 1. The number of nitrogens with zero attached hydrogens (tertiary/aromatic N) is 2. The van der Waals surface area contributed by atoms with E-state index in [0.29, 0.717) is 11.4 Å². The maximum absolute atomic E-state index is 13.0. The number of aromatic nitrogens is 2. The number of anilines is 1. The first-order valence-electron chi connectivity index (χ1n) is 8.85. The molecule has 1 atom stereocenters. The molecule has 0 aliphatic carbocycles. The molecule has 1 unspecified atom stereocenters.